The summed E-state index contributed by atoms with van der Waals surface area (Å²) in [5, 5.41) is 0. The second-order valence-corrected chi connectivity index (χ2v) is 12.4. The fourth-order valence-corrected chi connectivity index (χ4v) is 5.91. The van der Waals surface area contributed by atoms with Gasteiger partial charge in [0, 0.05) is 52.2 Å². The van der Waals surface area contributed by atoms with Gasteiger partial charge in [0.2, 0.25) is 0 Å². The highest BCUT2D eigenvalue weighted by Gasteiger charge is 2.30. The van der Waals surface area contributed by atoms with Gasteiger partial charge in [0.25, 0.3) is 0 Å². The van der Waals surface area contributed by atoms with Gasteiger partial charge in [-0.3, -0.25) is 0 Å². The second-order valence-electron chi connectivity index (χ2n) is 8.92. The summed E-state index contributed by atoms with van der Waals surface area (Å²) in [5.41, 5.74) is 2.39. The molecule has 220 valence electrons. The number of alkyl halides is 3. The summed E-state index contributed by atoms with van der Waals surface area (Å²) in [7, 11) is 2.89. The first-order chi connectivity index (χ1) is 18.7. The Morgan fingerprint density at radius 1 is 0.800 bits per heavy atom. The van der Waals surface area contributed by atoms with Crippen LogP contribution in [0.1, 0.15) is 6.92 Å². The molecule has 0 bridgehead atoms. The van der Waals surface area contributed by atoms with Crippen LogP contribution in [0.4, 0.5) is 24.5 Å². The molecule has 0 saturated heterocycles. The summed E-state index contributed by atoms with van der Waals surface area (Å²) < 4.78 is 72.4. The van der Waals surface area contributed by atoms with Crippen molar-refractivity contribution in [2.45, 2.75) is 27.8 Å². The molecule has 0 fully saturated rings. The standard InChI is InChI=1S/C26H33N2O2S.C2H3F3O3S/c1-6-29-18-19-30-23-8-7-9-26(20-23)31(24-14-10-21(11-15-24)27(2)3)25-16-12-22(13-17-25)28(4)5;3-2(4,5)1-9(6,7)8/h7-17,20H,6,18-19H2,1-5H3;1H2,(H,6,7,8)/q+1;/p-1. The van der Waals surface area contributed by atoms with Gasteiger partial charge in [0.1, 0.15) is 28.2 Å². The van der Waals surface area contributed by atoms with E-state index in [1.54, 1.807) is 0 Å². The first-order valence-electron chi connectivity index (χ1n) is 12.3. The molecule has 7 nitrogen and oxygen atoms in total. The molecule has 0 radical (unpaired) electrons. The molecule has 0 heterocycles. The molecule has 3 aromatic carbocycles. The molecule has 12 heteroatoms. The number of anilines is 2. The van der Waals surface area contributed by atoms with Crippen molar-refractivity contribution in [2.75, 3.05) is 63.6 Å². The van der Waals surface area contributed by atoms with Gasteiger partial charge < -0.3 is 23.8 Å². The van der Waals surface area contributed by atoms with Crippen LogP contribution < -0.4 is 14.5 Å². The van der Waals surface area contributed by atoms with Crippen molar-refractivity contribution in [3.63, 3.8) is 0 Å². The number of nitrogens with zero attached hydrogens (tertiary/aromatic N) is 2. The molecule has 0 saturated carbocycles. The van der Waals surface area contributed by atoms with Gasteiger partial charge in [-0.2, -0.15) is 13.2 Å². The topological polar surface area (TPSA) is 82.1 Å². The SMILES string of the molecule is CCOCCOc1cccc([S+](c2ccc(N(C)C)cc2)c2ccc(N(C)C)cc2)c1.O=S(=O)([O-])CC(F)(F)F. The van der Waals surface area contributed by atoms with E-state index in [0.29, 0.717) is 19.8 Å². The Kier molecular flexibility index (Phi) is 12.6. The summed E-state index contributed by atoms with van der Waals surface area (Å²) in [4.78, 5) is 8.06. The monoisotopic (exact) mass is 600 g/mol. The van der Waals surface area contributed by atoms with E-state index in [0.717, 1.165) is 5.75 Å². The Morgan fingerprint density at radius 3 is 1.68 bits per heavy atom. The minimum atomic E-state index is -5.16. The van der Waals surface area contributed by atoms with Crippen molar-refractivity contribution in [2.24, 2.45) is 0 Å². The predicted molar refractivity (Wildman–Crippen MR) is 153 cm³/mol. The number of hydrogen-bond acceptors (Lipinski definition) is 7. The molecule has 0 aliphatic heterocycles. The van der Waals surface area contributed by atoms with Crippen LogP contribution in [-0.2, 0) is 25.7 Å². The molecule has 0 aliphatic carbocycles. The van der Waals surface area contributed by atoms with Gasteiger partial charge in [-0.05, 0) is 67.6 Å². The van der Waals surface area contributed by atoms with E-state index in [4.69, 9.17) is 9.47 Å². The number of ether oxygens (including phenoxy) is 2. The lowest BCUT2D eigenvalue weighted by molar-refractivity contribution is -0.107. The van der Waals surface area contributed by atoms with Gasteiger partial charge in [-0.15, -0.1) is 0 Å². The third kappa shape index (κ3) is 11.7. The number of halogens is 3. The average molecular weight is 601 g/mol. The molecular formula is C28H35F3N2O5S2. The summed E-state index contributed by atoms with van der Waals surface area (Å²) in [6.07, 6.45) is -4.92. The molecule has 0 spiro atoms. The number of hydrogen-bond donors (Lipinski definition) is 0. The van der Waals surface area contributed by atoms with Gasteiger partial charge in [-0.25, -0.2) is 8.42 Å². The van der Waals surface area contributed by atoms with E-state index in [9.17, 15) is 26.1 Å². The molecule has 0 N–H and O–H groups in total. The van der Waals surface area contributed by atoms with Gasteiger partial charge in [-0.1, -0.05) is 6.07 Å². The minimum Gasteiger partial charge on any atom is -0.748 e. The number of rotatable bonds is 11. The highest BCUT2D eigenvalue weighted by atomic mass is 32.2. The quantitative estimate of drug-likeness (QED) is 0.165. The maximum absolute atomic E-state index is 11.0. The summed E-state index contributed by atoms with van der Waals surface area (Å²) in [5.74, 6) is -1.41. The molecule has 0 aromatic heterocycles. The fraction of sp³-hybridized carbons (Fsp3) is 0.357. The maximum atomic E-state index is 11.0. The molecule has 0 unspecified atom stereocenters. The molecule has 3 aromatic rings. The lowest BCUT2D eigenvalue weighted by Gasteiger charge is -2.15. The van der Waals surface area contributed by atoms with Crippen LogP contribution >= 0.6 is 0 Å². The van der Waals surface area contributed by atoms with Crippen LogP contribution in [0.3, 0.4) is 0 Å². The average Bonchev–Trinajstić information content (AvgIpc) is 2.86. The first kappa shape index (κ1) is 33.3. The van der Waals surface area contributed by atoms with E-state index in [-0.39, 0.29) is 10.9 Å². The van der Waals surface area contributed by atoms with E-state index >= 15 is 0 Å². The van der Waals surface area contributed by atoms with E-state index in [1.165, 1.54) is 26.1 Å². The fourth-order valence-electron chi connectivity index (χ4n) is 3.42. The van der Waals surface area contributed by atoms with Crippen LogP contribution in [0.2, 0.25) is 0 Å². The zero-order valence-electron chi connectivity index (χ0n) is 23.1. The molecular weight excluding hydrogens is 565 g/mol. The molecule has 40 heavy (non-hydrogen) atoms. The Balaban J connectivity index is 0.000000536. The molecule has 3 rings (SSSR count). The zero-order valence-corrected chi connectivity index (χ0v) is 24.8. The van der Waals surface area contributed by atoms with Crippen molar-refractivity contribution in [1.82, 2.24) is 0 Å². The normalized spacial score (nSPS) is 11.6. The maximum Gasteiger partial charge on any atom is 0.401 e. The smallest absolute Gasteiger partial charge is 0.401 e. The highest BCUT2D eigenvalue weighted by molar-refractivity contribution is 7.97. The van der Waals surface area contributed by atoms with Gasteiger partial charge in [0.05, 0.1) is 17.5 Å². The zero-order chi connectivity index (χ0) is 29.9. The summed E-state index contributed by atoms with van der Waals surface area (Å²) >= 11 is 0. The Hall–Kier alpha value is -2.93. The van der Waals surface area contributed by atoms with Crippen molar-refractivity contribution < 1.29 is 35.6 Å². The predicted octanol–water partition coefficient (Wildman–Crippen LogP) is 5.42. The van der Waals surface area contributed by atoms with Crippen LogP contribution in [-0.4, -0.2) is 72.9 Å². The van der Waals surface area contributed by atoms with Crippen molar-refractivity contribution >= 4 is 32.4 Å². The van der Waals surface area contributed by atoms with E-state index in [2.05, 4.69) is 105 Å². The van der Waals surface area contributed by atoms with Gasteiger partial charge >= 0.3 is 6.18 Å². The Morgan fingerprint density at radius 2 is 1.30 bits per heavy atom. The molecule has 0 aliphatic rings. The summed E-state index contributed by atoms with van der Waals surface area (Å²) in [6, 6.07) is 26.1. The summed E-state index contributed by atoms with van der Waals surface area (Å²) in [6.45, 7) is 3.86. The third-order valence-electron chi connectivity index (χ3n) is 5.26. The van der Waals surface area contributed by atoms with E-state index in [1.807, 2.05) is 13.0 Å². The third-order valence-corrected chi connectivity index (χ3v) is 8.15. The van der Waals surface area contributed by atoms with Crippen LogP contribution in [0, 0.1) is 0 Å². The van der Waals surface area contributed by atoms with Crippen LogP contribution in [0.15, 0.2) is 87.5 Å². The van der Waals surface area contributed by atoms with Crippen LogP contribution in [0.25, 0.3) is 0 Å². The van der Waals surface area contributed by atoms with E-state index < -0.39 is 22.0 Å². The van der Waals surface area contributed by atoms with Crippen molar-refractivity contribution in [3.05, 3.63) is 72.8 Å². The number of benzene rings is 3. The van der Waals surface area contributed by atoms with Crippen LogP contribution in [0.5, 0.6) is 5.75 Å². The van der Waals surface area contributed by atoms with Crippen molar-refractivity contribution in [3.8, 4) is 5.75 Å². The highest BCUT2D eigenvalue weighted by Crippen LogP contribution is 2.34. The minimum absolute atomic E-state index is 0.225. The lowest BCUT2D eigenvalue weighted by Crippen LogP contribution is -2.21. The largest absolute Gasteiger partial charge is 0.748 e. The van der Waals surface area contributed by atoms with Crippen molar-refractivity contribution in [1.29, 1.82) is 0 Å². The Bertz CT molecular complexity index is 1230. The lowest BCUT2D eigenvalue weighted by atomic mass is 10.3. The Labute approximate surface area is 237 Å². The van der Waals surface area contributed by atoms with Gasteiger partial charge in [0.15, 0.2) is 14.7 Å². The molecule has 0 amide bonds. The molecule has 0 atom stereocenters. The first-order valence-corrected chi connectivity index (χ1v) is 15.1. The second kappa shape index (κ2) is 15.2.